The van der Waals surface area contributed by atoms with Gasteiger partial charge in [0.2, 0.25) is 5.91 Å². The number of carbonyl (C=O) groups is 1. The molecule has 3 aromatic rings. The van der Waals surface area contributed by atoms with Gasteiger partial charge in [0.15, 0.2) is 5.82 Å². The van der Waals surface area contributed by atoms with Gasteiger partial charge in [0, 0.05) is 35.1 Å². The van der Waals surface area contributed by atoms with Crippen LogP contribution in [0.2, 0.25) is 0 Å². The predicted molar refractivity (Wildman–Crippen MR) is 147 cm³/mol. The molecule has 1 aromatic heterocycles. The van der Waals surface area contributed by atoms with Crippen LogP contribution < -0.4 is 10.2 Å². The van der Waals surface area contributed by atoms with E-state index in [2.05, 4.69) is 15.5 Å². The van der Waals surface area contributed by atoms with E-state index in [9.17, 15) is 18.7 Å². The van der Waals surface area contributed by atoms with E-state index in [1.54, 1.807) is 11.8 Å². The predicted octanol–water partition coefficient (Wildman–Crippen LogP) is 5.30. The molecular formula is C29H36F3N5O2. The molecule has 0 aliphatic carbocycles. The summed E-state index contributed by atoms with van der Waals surface area (Å²) < 4.78 is 45.1. The third kappa shape index (κ3) is 4.84. The molecule has 2 aromatic carbocycles. The zero-order chi connectivity index (χ0) is 29.1. The Morgan fingerprint density at radius 1 is 1.15 bits per heavy atom. The highest BCUT2D eigenvalue weighted by Gasteiger charge is 2.49. The maximum Gasteiger partial charge on any atom is 0.303 e. The average Bonchev–Trinajstić information content (AvgIpc) is 3.02. The summed E-state index contributed by atoms with van der Waals surface area (Å²) in [4.78, 5) is 17.2. The van der Waals surface area contributed by atoms with Gasteiger partial charge in [-0.2, -0.15) is 13.9 Å². The number of alkyl halides is 2. The zero-order valence-corrected chi connectivity index (χ0v) is 23.7. The molecule has 0 saturated heterocycles. The van der Waals surface area contributed by atoms with Gasteiger partial charge in [-0.1, -0.05) is 12.1 Å². The van der Waals surface area contributed by atoms with Gasteiger partial charge < -0.3 is 20.2 Å². The summed E-state index contributed by atoms with van der Waals surface area (Å²) in [5, 5.41) is 23.2. The number of aliphatic hydroxyl groups is 1. The Kier molecular flexibility index (Phi) is 7.19. The molecule has 1 aliphatic rings. The Morgan fingerprint density at radius 2 is 1.82 bits per heavy atom. The topological polar surface area (TPSA) is 81.6 Å². The molecule has 210 valence electrons. The van der Waals surface area contributed by atoms with Crippen molar-refractivity contribution >= 4 is 28.2 Å². The normalized spacial score (nSPS) is 16.2. The molecule has 2 heterocycles. The van der Waals surface area contributed by atoms with Gasteiger partial charge in [-0.3, -0.25) is 4.79 Å². The number of nitrogens with one attached hydrogen (secondary N) is 1. The lowest BCUT2D eigenvalue weighted by atomic mass is 9.85. The monoisotopic (exact) mass is 543 g/mol. The number of rotatable bonds is 8. The van der Waals surface area contributed by atoms with E-state index in [0.717, 1.165) is 36.6 Å². The van der Waals surface area contributed by atoms with Crippen molar-refractivity contribution < 1.29 is 23.1 Å². The number of benzene rings is 2. The molecule has 0 saturated carbocycles. The van der Waals surface area contributed by atoms with Crippen molar-refractivity contribution in [2.24, 2.45) is 0 Å². The summed E-state index contributed by atoms with van der Waals surface area (Å²) in [5.41, 5.74) is -1.72. The standard InChI is InChI=1S/C29H36F3N5O2/c1-16(18-10-9-11-21(24(18)30)29(31,32)28(5,6)39)33-25-20-15-23-22(14-19(20)17(2)34-35-25)27(3,4)26(38)37(23)13-12-36(7)8/h9-11,14-16,39H,12-13H2,1-8H3,(H,33,35)/t16-/m1/s1. The van der Waals surface area contributed by atoms with Crippen LogP contribution in [-0.4, -0.2) is 58.9 Å². The second kappa shape index (κ2) is 9.75. The summed E-state index contributed by atoms with van der Waals surface area (Å²) in [6, 6.07) is 6.84. The molecule has 2 N–H and O–H groups in total. The van der Waals surface area contributed by atoms with Gasteiger partial charge in [-0.25, -0.2) is 4.39 Å². The number of carbonyl (C=O) groups excluding carboxylic acids is 1. The van der Waals surface area contributed by atoms with Crippen LogP contribution >= 0.6 is 0 Å². The summed E-state index contributed by atoms with van der Waals surface area (Å²) >= 11 is 0. The highest BCUT2D eigenvalue weighted by Crippen LogP contribution is 2.45. The van der Waals surface area contributed by atoms with Crippen LogP contribution in [0.25, 0.3) is 10.8 Å². The van der Waals surface area contributed by atoms with Crippen LogP contribution in [0.4, 0.5) is 24.7 Å². The number of anilines is 2. The maximum absolute atomic E-state index is 15.4. The third-order valence-electron chi connectivity index (χ3n) is 7.55. The van der Waals surface area contributed by atoms with Crippen LogP contribution in [0.15, 0.2) is 30.3 Å². The molecule has 0 unspecified atom stereocenters. The summed E-state index contributed by atoms with van der Waals surface area (Å²) in [5.74, 6) is -4.56. The zero-order valence-electron chi connectivity index (χ0n) is 23.7. The molecule has 7 nitrogen and oxygen atoms in total. The first-order valence-electron chi connectivity index (χ1n) is 12.9. The molecule has 39 heavy (non-hydrogen) atoms. The van der Waals surface area contributed by atoms with E-state index in [0.29, 0.717) is 30.0 Å². The van der Waals surface area contributed by atoms with Crippen LogP contribution in [0.3, 0.4) is 0 Å². The fraction of sp³-hybridized carbons (Fsp3) is 0.483. The van der Waals surface area contributed by atoms with E-state index in [-0.39, 0.29) is 11.5 Å². The van der Waals surface area contributed by atoms with E-state index in [4.69, 9.17) is 0 Å². The van der Waals surface area contributed by atoms with Gasteiger partial charge in [-0.05, 0) is 79.4 Å². The SMILES string of the molecule is Cc1nnc(N[C@H](C)c2cccc(C(F)(F)C(C)(C)O)c2F)c2cc3c(cc12)C(C)(C)C(=O)N3CCN(C)C. The van der Waals surface area contributed by atoms with Crippen LogP contribution in [0, 0.1) is 12.7 Å². The quantitative estimate of drug-likeness (QED) is 0.402. The van der Waals surface area contributed by atoms with Crippen molar-refractivity contribution in [3.05, 3.63) is 58.5 Å². The number of aromatic nitrogens is 2. The number of aryl methyl sites for hydroxylation is 1. The molecule has 1 atom stereocenters. The Bertz CT molecular complexity index is 1430. The molecular weight excluding hydrogens is 507 g/mol. The summed E-state index contributed by atoms with van der Waals surface area (Å²) in [6.45, 7) is 10.4. The largest absolute Gasteiger partial charge is 0.384 e. The number of likely N-dealkylation sites (N-methyl/N-ethyl adjacent to an activating group) is 1. The Hall–Kier alpha value is -3.24. The van der Waals surface area contributed by atoms with Crippen LogP contribution in [0.1, 0.15) is 63.0 Å². The first-order chi connectivity index (χ1) is 18.0. The average molecular weight is 544 g/mol. The number of hydrogen-bond acceptors (Lipinski definition) is 6. The second-order valence-corrected chi connectivity index (χ2v) is 11.6. The van der Waals surface area contributed by atoms with E-state index < -0.39 is 34.4 Å². The van der Waals surface area contributed by atoms with E-state index in [1.165, 1.54) is 12.1 Å². The number of amides is 1. The van der Waals surface area contributed by atoms with E-state index >= 15 is 4.39 Å². The number of nitrogens with zero attached hydrogens (tertiary/aromatic N) is 4. The minimum absolute atomic E-state index is 0.00252. The number of hydrogen-bond donors (Lipinski definition) is 2. The van der Waals surface area contributed by atoms with Crippen molar-refractivity contribution in [3.8, 4) is 0 Å². The van der Waals surface area contributed by atoms with Gasteiger partial charge in [-0.15, -0.1) is 5.10 Å². The summed E-state index contributed by atoms with van der Waals surface area (Å²) in [6.07, 6.45) is 0. The molecule has 0 spiro atoms. The molecule has 10 heteroatoms. The molecule has 0 bridgehead atoms. The number of halogens is 3. The van der Waals surface area contributed by atoms with Gasteiger partial charge in [0.25, 0.3) is 0 Å². The van der Waals surface area contributed by atoms with Crippen molar-refractivity contribution in [1.82, 2.24) is 15.1 Å². The van der Waals surface area contributed by atoms with E-state index in [1.807, 2.05) is 51.9 Å². The smallest absolute Gasteiger partial charge is 0.303 e. The molecule has 0 fully saturated rings. The Labute approximate surface area is 227 Å². The van der Waals surface area contributed by atoms with Crippen molar-refractivity contribution in [3.63, 3.8) is 0 Å². The minimum Gasteiger partial charge on any atom is -0.384 e. The molecule has 1 aliphatic heterocycles. The van der Waals surface area contributed by atoms with Gasteiger partial charge in [0.1, 0.15) is 11.4 Å². The maximum atomic E-state index is 15.4. The highest BCUT2D eigenvalue weighted by atomic mass is 19.3. The van der Waals surface area contributed by atoms with Crippen molar-refractivity contribution in [2.45, 2.75) is 64.5 Å². The van der Waals surface area contributed by atoms with Gasteiger partial charge >= 0.3 is 5.92 Å². The lowest BCUT2D eigenvalue weighted by Crippen LogP contribution is -2.41. The minimum atomic E-state index is -3.81. The molecule has 1 amide bonds. The van der Waals surface area contributed by atoms with Gasteiger partial charge in [0.05, 0.1) is 22.7 Å². The Morgan fingerprint density at radius 3 is 2.44 bits per heavy atom. The summed E-state index contributed by atoms with van der Waals surface area (Å²) in [7, 11) is 3.89. The number of fused-ring (bicyclic) bond motifs is 2. The van der Waals surface area contributed by atoms with Crippen molar-refractivity contribution in [2.75, 3.05) is 37.4 Å². The van der Waals surface area contributed by atoms with Crippen LogP contribution in [0.5, 0.6) is 0 Å². The van der Waals surface area contributed by atoms with Crippen LogP contribution in [-0.2, 0) is 16.1 Å². The lowest BCUT2D eigenvalue weighted by Gasteiger charge is -2.30. The highest BCUT2D eigenvalue weighted by molar-refractivity contribution is 6.11. The molecule has 0 radical (unpaired) electrons. The van der Waals surface area contributed by atoms with Crippen molar-refractivity contribution in [1.29, 1.82) is 0 Å². The fourth-order valence-electron chi connectivity index (χ4n) is 4.97. The molecule has 4 rings (SSSR count). The lowest BCUT2D eigenvalue weighted by molar-refractivity contribution is -0.170. The second-order valence-electron chi connectivity index (χ2n) is 11.6. The third-order valence-corrected chi connectivity index (χ3v) is 7.55. The fourth-order valence-corrected chi connectivity index (χ4v) is 4.97. The Balaban J connectivity index is 1.78. The first-order valence-corrected chi connectivity index (χ1v) is 12.9. The first kappa shape index (κ1) is 28.8.